The molecule has 0 fully saturated rings. The Morgan fingerprint density at radius 2 is 2.16 bits per heavy atom. The highest BCUT2D eigenvalue weighted by Crippen LogP contribution is 2.25. The van der Waals surface area contributed by atoms with Crippen molar-refractivity contribution < 1.29 is 4.42 Å². The van der Waals surface area contributed by atoms with E-state index in [0.717, 1.165) is 24.4 Å². The van der Waals surface area contributed by atoms with E-state index in [2.05, 4.69) is 31.3 Å². The summed E-state index contributed by atoms with van der Waals surface area (Å²) in [5.41, 5.74) is 3.73. The summed E-state index contributed by atoms with van der Waals surface area (Å²) in [6, 6.07) is 8.37. The van der Waals surface area contributed by atoms with Crippen LogP contribution in [-0.4, -0.2) is 6.54 Å². The maximum Gasteiger partial charge on any atom is 0.0935 e. The Bertz CT molecular complexity index is 507. The van der Waals surface area contributed by atoms with Crippen LogP contribution in [-0.2, 0) is 6.42 Å². The van der Waals surface area contributed by atoms with Crippen LogP contribution in [0.1, 0.15) is 36.1 Å². The monoisotopic (exact) mass is 277 g/mol. The van der Waals surface area contributed by atoms with Crippen LogP contribution in [0.3, 0.4) is 0 Å². The van der Waals surface area contributed by atoms with Crippen molar-refractivity contribution in [1.82, 2.24) is 5.32 Å². The molecule has 2 nitrogen and oxygen atoms in total. The molecule has 0 aliphatic heterocycles. The van der Waals surface area contributed by atoms with Gasteiger partial charge < -0.3 is 9.73 Å². The van der Waals surface area contributed by atoms with Gasteiger partial charge in [-0.3, -0.25) is 0 Å². The van der Waals surface area contributed by atoms with Crippen LogP contribution < -0.4 is 5.32 Å². The second-order valence-corrected chi connectivity index (χ2v) is 5.28. The van der Waals surface area contributed by atoms with Gasteiger partial charge in [0, 0.05) is 11.1 Å². The van der Waals surface area contributed by atoms with Crippen LogP contribution in [0.15, 0.2) is 41.2 Å². The summed E-state index contributed by atoms with van der Waals surface area (Å²) in [4.78, 5) is 0. The average Bonchev–Trinajstić information content (AvgIpc) is 2.90. The molecule has 0 spiro atoms. The third-order valence-electron chi connectivity index (χ3n) is 3.28. The Labute approximate surface area is 119 Å². The number of nitrogens with one attached hydrogen (secondary N) is 1. The number of halogens is 1. The smallest absolute Gasteiger partial charge is 0.0935 e. The second kappa shape index (κ2) is 6.78. The summed E-state index contributed by atoms with van der Waals surface area (Å²) in [5, 5.41) is 4.38. The van der Waals surface area contributed by atoms with Gasteiger partial charge in [0.05, 0.1) is 12.5 Å². The molecule has 0 radical (unpaired) electrons. The largest absolute Gasteiger partial charge is 0.472 e. The van der Waals surface area contributed by atoms with E-state index in [4.69, 9.17) is 16.0 Å². The molecule has 1 unspecified atom stereocenters. The molecule has 1 N–H and O–H groups in total. The minimum absolute atomic E-state index is 0.274. The molecule has 0 saturated carbocycles. The lowest BCUT2D eigenvalue weighted by molar-refractivity contribution is 0.519. The highest BCUT2D eigenvalue weighted by molar-refractivity contribution is 6.30. The molecule has 102 valence electrons. The first-order valence-corrected chi connectivity index (χ1v) is 7.09. The maximum absolute atomic E-state index is 6.13. The predicted molar refractivity (Wildman–Crippen MR) is 79.6 cm³/mol. The van der Waals surface area contributed by atoms with E-state index in [0.29, 0.717) is 0 Å². The van der Waals surface area contributed by atoms with Gasteiger partial charge in [-0.25, -0.2) is 0 Å². The van der Waals surface area contributed by atoms with Gasteiger partial charge in [0.1, 0.15) is 0 Å². The number of benzene rings is 1. The van der Waals surface area contributed by atoms with Crippen molar-refractivity contribution in [1.29, 1.82) is 0 Å². The zero-order valence-electron chi connectivity index (χ0n) is 11.4. The van der Waals surface area contributed by atoms with E-state index in [-0.39, 0.29) is 6.04 Å². The first-order valence-electron chi connectivity index (χ1n) is 6.71. The van der Waals surface area contributed by atoms with E-state index in [1.165, 1.54) is 16.7 Å². The van der Waals surface area contributed by atoms with Gasteiger partial charge in [-0.2, -0.15) is 0 Å². The molecule has 1 atom stereocenters. The van der Waals surface area contributed by atoms with E-state index < -0.39 is 0 Å². The average molecular weight is 278 g/mol. The van der Waals surface area contributed by atoms with E-state index in [9.17, 15) is 0 Å². The summed E-state index contributed by atoms with van der Waals surface area (Å²) in [6.07, 6.45) is 5.55. The Kier molecular flexibility index (Phi) is 5.06. The summed E-state index contributed by atoms with van der Waals surface area (Å²) >= 11 is 6.13. The van der Waals surface area contributed by atoms with Crippen molar-refractivity contribution in [2.75, 3.05) is 6.54 Å². The van der Waals surface area contributed by atoms with Gasteiger partial charge >= 0.3 is 0 Å². The summed E-state index contributed by atoms with van der Waals surface area (Å²) in [6.45, 7) is 5.29. The van der Waals surface area contributed by atoms with Crippen molar-refractivity contribution in [2.24, 2.45) is 0 Å². The zero-order valence-corrected chi connectivity index (χ0v) is 12.2. The van der Waals surface area contributed by atoms with Gasteiger partial charge in [0.2, 0.25) is 0 Å². The molecule has 1 aromatic heterocycles. The molecule has 2 rings (SSSR count). The second-order valence-electron chi connectivity index (χ2n) is 4.84. The molecule has 0 amide bonds. The molecule has 0 aliphatic rings. The van der Waals surface area contributed by atoms with Crippen molar-refractivity contribution >= 4 is 11.6 Å². The number of hydrogen-bond acceptors (Lipinski definition) is 2. The van der Waals surface area contributed by atoms with E-state index >= 15 is 0 Å². The summed E-state index contributed by atoms with van der Waals surface area (Å²) in [7, 11) is 0. The molecule has 0 bridgehead atoms. The Hall–Kier alpha value is -1.25. The molecular formula is C16H20ClNO. The summed E-state index contributed by atoms with van der Waals surface area (Å²) in [5.74, 6) is 0. The highest BCUT2D eigenvalue weighted by atomic mass is 35.5. The standard InChI is InChI=1S/C16H20ClNO/c1-3-7-18-16(9-13-6-8-19-11-13)15-10-14(17)5-4-12(15)2/h4-6,8,10-11,16,18H,3,7,9H2,1-2H3. The number of aryl methyl sites for hydroxylation is 1. The topological polar surface area (TPSA) is 25.2 Å². The number of rotatable bonds is 6. The molecular weight excluding hydrogens is 258 g/mol. The third-order valence-corrected chi connectivity index (χ3v) is 3.51. The molecule has 19 heavy (non-hydrogen) atoms. The van der Waals surface area contributed by atoms with Gasteiger partial charge in [0.25, 0.3) is 0 Å². The minimum atomic E-state index is 0.274. The van der Waals surface area contributed by atoms with Crippen molar-refractivity contribution in [3.8, 4) is 0 Å². The van der Waals surface area contributed by atoms with E-state index in [1.807, 2.05) is 12.1 Å². The van der Waals surface area contributed by atoms with Crippen molar-refractivity contribution in [3.63, 3.8) is 0 Å². The normalized spacial score (nSPS) is 12.6. The fourth-order valence-electron chi connectivity index (χ4n) is 2.24. The molecule has 1 aromatic carbocycles. The quantitative estimate of drug-likeness (QED) is 0.839. The number of furan rings is 1. The van der Waals surface area contributed by atoms with Crippen LogP contribution in [0.2, 0.25) is 5.02 Å². The first-order chi connectivity index (χ1) is 9.20. The van der Waals surface area contributed by atoms with Gasteiger partial charge in [-0.05, 0) is 61.2 Å². The third kappa shape index (κ3) is 3.85. The fourth-order valence-corrected chi connectivity index (χ4v) is 2.42. The molecule has 0 saturated heterocycles. The minimum Gasteiger partial charge on any atom is -0.472 e. The highest BCUT2D eigenvalue weighted by Gasteiger charge is 2.15. The SMILES string of the molecule is CCCNC(Cc1ccoc1)c1cc(Cl)ccc1C. The number of hydrogen-bond donors (Lipinski definition) is 1. The van der Waals surface area contributed by atoms with Gasteiger partial charge in [0.15, 0.2) is 0 Å². The van der Waals surface area contributed by atoms with Gasteiger partial charge in [-0.1, -0.05) is 24.6 Å². The fraction of sp³-hybridized carbons (Fsp3) is 0.375. The van der Waals surface area contributed by atoms with E-state index in [1.54, 1.807) is 12.5 Å². The lowest BCUT2D eigenvalue weighted by Crippen LogP contribution is -2.24. The Morgan fingerprint density at radius 1 is 1.32 bits per heavy atom. The molecule has 2 aromatic rings. The van der Waals surface area contributed by atoms with Crippen LogP contribution >= 0.6 is 11.6 Å². The predicted octanol–water partition coefficient (Wildman–Crippen LogP) is 4.52. The molecule has 0 aliphatic carbocycles. The molecule has 1 heterocycles. The lowest BCUT2D eigenvalue weighted by Gasteiger charge is -2.20. The maximum atomic E-state index is 6.13. The first kappa shape index (κ1) is 14.2. The van der Waals surface area contributed by atoms with Gasteiger partial charge in [-0.15, -0.1) is 0 Å². The van der Waals surface area contributed by atoms with Crippen LogP contribution in [0.25, 0.3) is 0 Å². The van der Waals surface area contributed by atoms with Crippen molar-refractivity contribution in [3.05, 3.63) is 58.5 Å². The Balaban J connectivity index is 2.23. The lowest BCUT2D eigenvalue weighted by atomic mass is 9.96. The Morgan fingerprint density at radius 3 is 2.84 bits per heavy atom. The van der Waals surface area contributed by atoms with Crippen LogP contribution in [0.4, 0.5) is 0 Å². The van der Waals surface area contributed by atoms with Crippen LogP contribution in [0.5, 0.6) is 0 Å². The summed E-state index contributed by atoms with van der Waals surface area (Å²) < 4.78 is 5.16. The van der Waals surface area contributed by atoms with Crippen LogP contribution in [0, 0.1) is 6.92 Å². The van der Waals surface area contributed by atoms with Crippen molar-refractivity contribution in [2.45, 2.75) is 32.7 Å². The molecule has 3 heteroatoms. The zero-order chi connectivity index (χ0) is 13.7.